The van der Waals surface area contributed by atoms with Crippen LogP contribution in [-0.2, 0) is 6.54 Å². The molecule has 0 saturated heterocycles. The molecule has 0 bridgehead atoms. The third kappa shape index (κ3) is 4.98. The van der Waals surface area contributed by atoms with Crippen molar-refractivity contribution in [3.8, 4) is 5.75 Å². The number of guanidine groups is 2. The fourth-order valence-corrected chi connectivity index (χ4v) is 1.56. The third-order valence-corrected chi connectivity index (χ3v) is 2.80. The molecule has 0 unspecified atom stereocenters. The van der Waals surface area contributed by atoms with E-state index in [2.05, 4.69) is 16.6 Å². The molecule has 0 atom stereocenters. The standard InChI is InChI=1S/C14H22N6O2/c1-10(15)17-14(18-13(16)20(3)9-21)19(2)8-11-6-4-5-7-12(11)22/h4-7,21-22H,1,8-9,15H2,2-3H3,(H2,16,17,18). The number of aliphatic hydroxyl groups is 1. The highest BCUT2D eigenvalue weighted by Gasteiger charge is 2.11. The first-order valence-corrected chi connectivity index (χ1v) is 6.52. The Hall–Kier alpha value is -2.74. The number of phenols is 1. The van der Waals surface area contributed by atoms with Crippen LogP contribution in [0, 0.1) is 0 Å². The molecule has 0 spiro atoms. The largest absolute Gasteiger partial charge is 0.508 e. The van der Waals surface area contributed by atoms with Crippen molar-refractivity contribution >= 4 is 11.9 Å². The average molecular weight is 306 g/mol. The number of aliphatic hydroxyl groups excluding tert-OH is 1. The lowest BCUT2D eigenvalue weighted by molar-refractivity contribution is 0.190. The molecule has 1 aromatic carbocycles. The van der Waals surface area contributed by atoms with Crippen molar-refractivity contribution in [1.29, 1.82) is 0 Å². The van der Waals surface area contributed by atoms with Gasteiger partial charge in [0.05, 0.1) is 0 Å². The Bertz CT molecular complexity index is 584. The number of hydrogen-bond acceptors (Lipinski definition) is 4. The Morgan fingerprint density at radius 1 is 1.18 bits per heavy atom. The summed E-state index contributed by atoms with van der Waals surface area (Å²) in [4.78, 5) is 11.1. The summed E-state index contributed by atoms with van der Waals surface area (Å²) in [5.41, 5.74) is 12.0. The van der Waals surface area contributed by atoms with Gasteiger partial charge in [0.25, 0.3) is 0 Å². The van der Waals surface area contributed by atoms with Crippen molar-refractivity contribution in [3.63, 3.8) is 0 Å². The van der Waals surface area contributed by atoms with E-state index in [-0.39, 0.29) is 30.2 Å². The first-order chi connectivity index (χ1) is 10.3. The number of aromatic hydroxyl groups is 1. The predicted molar refractivity (Wildman–Crippen MR) is 86.8 cm³/mol. The van der Waals surface area contributed by atoms with E-state index in [0.717, 1.165) is 0 Å². The Morgan fingerprint density at radius 3 is 2.36 bits per heavy atom. The number of nitrogens with zero attached hydrogens (tertiary/aromatic N) is 4. The summed E-state index contributed by atoms with van der Waals surface area (Å²) in [5.74, 6) is 0.534. The maximum atomic E-state index is 9.82. The summed E-state index contributed by atoms with van der Waals surface area (Å²) in [6.07, 6.45) is 0. The second-order valence-corrected chi connectivity index (χ2v) is 4.70. The average Bonchev–Trinajstić information content (AvgIpc) is 2.47. The van der Waals surface area contributed by atoms with Gasteiger partial charge in [0, 0.05) is 26.2 Å². The van der Waals surface area contributed by atoms with E-state index < -0.39 is 0 Å². The van der Waals surface area contributed by atoms with Gasteiger partial charge in [0.15, 0.2) is 0 Å². The fourth-order valence-electron chi connectivity index (χ4n) is 1.56. The summed E-state index contributed by atoms with van der Waals surface area (Å²) >= 11 is 0. The second kappa shape index (κ2) is 7.89. The Balaban J connectivity index is 3.03. The zero-order valence-electron chi connectivity index (χ0n) is 12.8. The van der Waals surface area contributed by atoms with Gasteiger partial charge in [-0.2, -0.15) is 9.98 Å². The lowest BCUT2D eigenvalue weighted by Gasteiger charge is -2.21. The van der Waals surface area contributed by atoms with Crippen molar-refractivity contribution in [1.82, 2.24) is 9.80 Å². The van der Waals surface area contributed by atoms with Crippen LogP contribution in [-0.4, -0.2) is 52.8 Å². The van der Waals surface area contributed by atoms with Gasteiger partial charge in [-0.05, 0) is 6.07 Å². The van der Waals surface area contributed by atoms with Gasteiger partial charge in [-0.15, -0.1) is 0 Å². The molecule has 1 rings (SSSR count). The molecular weight excluding hydrogens is 284 g/mol. The second-order valence-electron chi connectivity index (χ2n) is 4.70. The molecule has 0 aliphatic rings. The molecule has 0 amide bonds. The Labute approximate surface area is 129 Å². The van der Waals surface area contributed by atoms with Crippen LogP contribution in [0.5, 0.6) is 5.75 Å². The SMILES string of the molecule is C=C(N)/N=C(\N=C(/N)N(C)CO)N(C)Cc1ccccc1O. The van der Waals surface area contributed by atoms with Crippen molar-refractivity contribution < 1.29 is 10.2 Å². The van der Waals surface area contributed by atoms with Gasteiger partial charge in [0.1, 0.15) is 18.3 Å². The molecule has 0 heterocycles. The van der Waals surface area contributed by atoms with E-state index in [1.165, 1.54) is 4.90 Å². The van der Waals surface area contributed by atoms with E-state index in [9.17, 15) is 5.11 Å². The van der Waals surface area contributed by atoms with E-state index in [4.69, 9.17) is 16.6 Å². The zero-order valence-corrected chi connectivity index (χ0v) is 12.8. The van der Waals surface area contributed by atoms with Gasteiger partial charge in [-0.1, -0.05) is 24.8 Å². The fraction of sp³-hybridized carbons (Fsp3) is 0.286. The number of phenolic OH excluding ortho intramolecular Hbond substituents is 1. The van der Waals surface area contributed by atoms with Crippen molar-refractivity contribution in [2.75, 3.05) is 20.8 Å². The van der Waals surface area contributed by atoms with Crippen molar-refractivity contribution in [3.05, 3.63) is 42.2 Å². The van der Waals surface area contributed by atoms with Crippen LogP contribution < -0.4 is 11.5 Å². The summed E-state index contributed by atoms with van der Waals surface area (Å²) < 4.78 is 0. The third-order valence-electron chi connectivity index (χ3n) is 2.80. The maximum absolute atomic E-state index is 9.82. The minimum absolute atomic E-state index is 0.0716. The highest BCUT2D eigenvalue weighted by molar-refractivity contribution is 5.94. The van der Waals surface area contributed by atoms with Crippen LogP contribution in [0.4, 0.5) is 0 Å². The van der Waals surface area contributed by atoms with Crippen LogP contribution >= 0.6 is 0 Å². The number of benzene rings is 1. The summed E-state index contributed by atoms with van der Waals surface area (Å²) in [5, 5.41) is 18.9. The van der Waals surface area contributed by atoms with Gasteiger partial charge < -0.3 is 31.5 Å². The van der Waals surface area contributed by atoms with Crippen LogP contribution in [0.25, 0.3) is 0 Å². The van der Waals surface area contributed by atoms with E-state index in [0.29, 0.717) is 12.1 Å². The molecule has 8 heteroatoms. The van der Waals surface area contributed by atoms with E-state index >= 15 is 0 Å². The quantitative estimate of drug-likeness (QED) is 0.347. The van der Waals surface area contributed by atoms with Crippen molar-refractivity contribution in [2.24, 2.45) is 21.5 Å². The van der Waals surface area contributed by atoms with Gasteiger partial charge in [0.2, 0.25) is 11.9 Å². The summed E-state index contributed by atoms with van der Waals surface area (Å²) in [6.45, 7) is 3.58. The van der Waals surface area contributed by atoms with E-state index in [1.807, 2.05) is 6.07 Å². The number of para-hydroxylation sites is 1. The van der Waals surface area contributed by atoms with Gasteiger partial charge in [-0.3, -0.25) is 0 Å². The number of nitrogens with two attached hydrogens (primary N) is 2. The van der Waals surface area contributed by atoms with Gasteiger partial charge >= 0.3 is 0 Å². The minimum atomic E-state index is -0.282. The lowest BCUT2D eigenvalue weighted by atomic mass is 10.2. The Morgan fingerprint density at radius 2 is 1.82 bits per heavy atom. The molecule has 0 aromatic heterocycles. The molecular formula is C14H22N6O2. The highest BCUT2D eigenvalue weighted by atomic mass is 16.3. The summed E-state index contributed by atoms with van der Waals surface area (Å²) in [6, 6.07) is 6.94. The number of aliphatic imine (C=N–C) groups is 2. The normalized spacial score (nSPS) is 12.1. The molecule has 0 aliphatic carbocycles. The molecule has 0 radical (unpaired) electrons. The topological polar surface area (TPSA) is 124 Å². The van der Waals surface area contributed by atoms with Crippen LogP contribution in [0.1, 0.15) is 5.56 Å². The zero-order chi connectivity index (χ0) is 16.7. The van der Waals surface area contributed by atoms with Crippen LogP contribution in [0.2, 0.25) is 0 Å². The highest BCUT2D eigenvalue weighted by Crippen LogP contribution is 2.17. The first-order valence-electron chi connectivity index (χ1n) is 6.52. The molecule has 120 valence electrons. The lowest BCUT2D eigenvalue weighted by Crippen LogP contribution is -2.37. The molecule has 1 aromatic rings. The maximum Gasteiger partial charge on any atom is 0.230 e. The molecule has 0 saturated carbocycles. The molecule has 0 fully saturated rings. The van der Waals surface area contributed by atoms with Crippen LogP contribution in [0.3, 0.4) is 0 Å². The predicted octanol–water partition coefficient (Wildman–Crippen LogP) is -0.194. The molecule has 0 aliphatic heterocycles. The summed E-state index contributed by atoms with van der Waals surface area (Å²) in [7, 11) is 3.31. The number of hydrogen-bond donors (Lipinski definition) is 4. The first kappa shape index (κ1) is 17.3. The number of rotatable bonds is 4. The smallest absolute Gasteiger partial charge is 0.230 e. The monoisotopic (exact) mass is 306 g/mol. The van der Waals surface area contributed by atoms with E-state index in [1.54, 1.807) is 37.2 Å². The van der Waals surface area contributed by atoms with Crippen LogP contribution in [0.15, 0.2) is 46.7 Å². The molecule has 8 nitrogen and oxygen atoms in total. The molecule has 6 N–H and O–H groups in total. The molecule has 22 heavy (non-hydrogen) atoms. The minimum Gasteiger partial charge on any atom is -0.508 e. The van der Waals surface area contributed by atoms with Gasteiger partial charge in [-0.25, -0.2) is 0 Å². The Kier molecular flexibility index (Phi) is 6.21. The van der Waals surface area contributed by atoms with Crippen molar-refractivity contribution in [2.45, 2.75) is 6.54 Å².